The van der Waals surface area contributed by atoms with Crippen molar-refractivity contribution in [3.8, 4) is 0 Å². The van der Waals surface area contributed by atoms with Gasteiger partial charge in [0.1, 0.15) is 11.5 Å². The summed E-state index contributed by atoms with van der Waals surface area (Å²) in [6.07, 6.45) is -0.165. The maximum absolute atomic E-state index is 11.9. The average Bonchev–Trinajstić information content (AvgIpc) is 2.67. The van der Waals surface area contributed by atoms with E-state index in [0.29, 0.717) is 17.0 Å². The van der Waals surface area contributed by atoms with E-state index in [1.807, 2.05) is 12.0 Å². The van der Waals surface area contributed by atoms with Crippen molar-refractivity contribution in [3.63, 3.8) is 0 Å². The van der Waals surface area contributed by atoms with Crippen molar-refractivity contribution in [1.82, 2.24) is 5.32 Å². The number of nitrogens with one attached hydrogen (secondary N) is 1. The smallest absolute Gasteiger partial charge is 0.408 e. The molecule has 1 amide bonds. The summed E-state index contributed by atoms with van der Waals surface area (Å²) in [6.45, 7) is 5.34. The zero-order chi connectivity index (χ0) is 14.9. The molecule has 4 nitrogen and oxygen atoms in total. The number of halogens is 1. The van der Waals surface area contributed by atoms with Crippen molar-refractivity contribution in [2.24, 2.45) is 0 Å². The number of ether oxygens (including phenoxy) is 1. The van der Waals surface area contributed by atoms with E-state index in [1.54, 1.807) is 32.9 Å². The first-order chi connectivity index (χ1) is 9.31. The van der Waals surface area contributed by atoms with Crippen LogP contribution in [0.4, 0.5) is 4.79 Å². The summed E-state index contributed by atoms with van der Waals surface area (Å²) in [4.78, 5) is 22.9. The lowest BCUT2D eigenvalue weighted by Gasteiger charge is -2.22. The molecule has 1 aromatic carbocycles. The van der Waals surface area contributed by atoms with Gasteiger partial charge >= 0.3 is 6.09 Å². The summed E-state index contributed by atoms with van der Waals surface area (Å²) >= 11 is 6.11. The lowest BCUT2D eigenvalue weighted by Crippen LogP contribution is -2.34. The van der Waals surface area contributed by atoms with Crippen LogP contribution in [0.15, 0.2) is 23.8 Å². The Labute approximate surface area is 122 Å². The minimum atomic E-state index is -0.592. The number of alkyl carbamates (subject to hydrolysis) is 1. The first-order valence-corrected chi connectivity index (χ1v) is 6.70. The summed E-state index contributed by atoms with van der Waals surface area (Å²) < 4.78 is 5.21. The van der Waals surface area contributed by atoms with E-state index in [2.05, 4.69) is 5.32 Å². The second-order valence-corrected chi connectivity index (χ2v) is 6.10. The number of fused-ring (bicyclic) bond motifs is 1. The first kappa shape index (κ1) is 14.6. The zero-order valence-corrected chi connectivity index (χ0v) is 12.4. The Morgan fingerprint density at radius 2 is 2.15 bits per heavy atom. The zero-order valence-electron chi connectivity index (χ0n) is 11.6. The topological polar surface area (TPSA) is 55.4 Å². The van der Waals surface area contributed by atoms with E-state index in [-0.39, 0.29) is 0 Å². The second kappa shape index (κ2) is 5.31. The van der Waals surface area contributed by atoms with Crippen LogP contribution in [0.3, 0.4) is 0 Å². The van der Waals surface area contributed by atoms with Gasteiger partial charge in [-0.15, -0.1) is 0 Å². The monoisotopic (exact) mass is 293 g/mol. The minimum absolute atomic E-state index is 0.402. The third kappa shape index (κ3) is 3.03. The van der Waals surface area contributed by atoms with Crippen LogP contribution in [0.2, 0.25) is 5.02 Å². The molecule has 5 heteroatoms. The van der Waals surface area contributed by atoms with Crippen molar-refractivity contribution in [2.75, 3.05) is 0 Å². The standard InChI is InChI=1S/C15H16ClNO3/c1-15(2,3)20-14(19)17-13-9(8-18)7-11-10(13)5-4-6-12(11)16/h4-6,13H,7H2,1-3H3,(H,17,19)/t13-/m1/s1. The summed E-state index contributed by atoms with van der Waals surface area (Å²) in [5.74, 6) is 1.89. The van der Waals surface area contributed by atoms with Crippen molar-refractivity contribution in [3.05, 3.63) is 39.9 Å². The predicted octanol–water partition coefficient (Wildman–Crippen LogP) is 3.22. The van der Waals surface area contributed by atoms with Gasteiger partial charge in [0, 0.05) is 17.0 Å². The number of amides is 1. The Balaban J connectivity index is 2.26. The molecule has 0 aromatic heterocycles. The third-order valence-corrected chi connectivity index (χ3v) is 3.33. The van der Waals surface area contributed by atoms with E-state index < -0.39 is 17.7 Å². The van der Waals surface area contributed by atoms with E-state index in [9.17, 15) is 9.59 Å². The molecule has 0 fully saturated rings. The summed E-state index contributed by atoms with van der Waals surface area (Å²) in [7, 11) is 0. The van der Waals surface area contributed by atoms with Crippen molar-refractivity contribution in [1.29, 1.82) is 0 Å². The molecule has 2 rings (SSSR count). The van der Waals surface area contributed by atoms with Gasteiger partial charge in [0.2, 0.25) is 0 Å². The molecule has 20 heavy (non-hydrogen) atoms. The normalized spacial score (nSPS) is 17.4. The fraction of sp³-hybridized carbons (Fsp3) is 0.400. The molecule has 0 heterocycles. The molecule has 0 spiro atoms. The predicted molar refractivity (Wildman–Crippen MR) is 76.5 cm³/mol. The van der Waals surface area contributed by atoms with Crippen LogP contribution in [-0.2, 0) is 16.0 Å². The van der Waals surface area contributed by atoms with Crippen molar-refractivity contribution >= 4 is 23.6 Å². The fourth-order valence-electron chi connectivity index (χ4n) is 2.20. The number of hydrogen-bond acceptors (Lipinski definition) is 3. The molecule has 0 bridgehead atoms. The number of carbonyl (C=O) groups excluding carboxylic acids is 2. The van der Waals surface area contributed by atoms with Crippen LogP contribution in [0.25, 0.3) is 0 Å². The van der Waals surface area contributed by atoms with Crippen LogP contribution < -0.4 is 5.32 Å². The van der Waals surface area contributed by atoms with Gasteiger partial charge in [-0.25, -0.2) is 9.59 Å². The van der Waals surface area contributed by atoms with Crippen molar-refractivity contribution < 1.29 is 14.3 Å². The van der Waals surface area contributed by atoms with Crippen LogP contribution in [0.5, 0.6) is 0 Å². The third-order valence-electron chi connectivity index (χ3n) is 2.97. The van der Waals surface area contributed by atoms with Crippen LogP contribution in [0.1, 0.15) is 37.9 Å². The number of benzene rings is 1. The van der Waals surface area contributed by atoms with Crippen LogP contribution >= 0.6 is 11.6 Å². The summed E-state index contributed by atoms with van der Waals surface area (Å²) in [5, 5.41) is 3.29. The van der Waals surface area contributed by atoms with Gasteiger partial charge in [-0.3, -0.25) is 0 Å². The molecule has 1 aromatic rings. The summed E-state index contributed by atoms with van der Waals surface area (Å²) in [6, 6.07) is 4.88. The SMILES string of the molecule is CC(C)(C)OC(=O)N[C@@H]1C(=C=O)Cc2c(Cl)cccc21. The maximum Gasteiger partial charge on any atom is 0.408 e. The van der Waals surface area contributed by atoms with Crippen LogP contribution in [-0.4, -0.2) is 17.6 Å². The lowest BCUT2D eigenvalue weighted by atomic mass is 10.1. The Morgan fingerprint density at radius 1 is 1.45 bits per heavy atom. The van der Waals surface area contributed by atoms with E-state index in [1.165, 1.54) is 0 Å². The Bertz CT molecular complexity index is 598. The molecule has 0 radical (unpaired) electrons. The minimum Gasteiger partial charge on any atom is -0.444 e. The number of hydrogen-bond donors (Lipinski definition) is 1. The second-order valence-electron chi connectivity index (χ2n) is 5.69. The molecular formula is C15H16ClNO3. The van der Waals surface area contributed by atoms with Gasteiger partial charge in [0.15, 0.2) is 0 Å². The number of rotatable bonds is 1. The van der Waals surface area contributed by atoms with Gasteiger partial charge in [-0.2, -0.15) is 0 Å². The highest BCUT2D eigenvalue weighted by atomic mass is 35.5. The maximum atomic E-state index is 11.9. The molecule has 106 valence electrons. The lowest BCUT2D eigenvalue weighted by molar-refractivity contribution is 0.0512. The largest absolute Gasteiger partial charge is 0.444 e. The highest BCUT2D eigenvalue weighted by Crippen LogP contribution is 2.38. The average molecular weight is 294 g/mol. The van der Waals surface area contributed by atoms with Gasteiger partial charge in [-0.05, 0) is 38.0 Å². The molecule has 0 saturated carbocycles. The molecule has 1 atom stereocenters. The molecule has 1 aliphatic rings. The quantitative estimate of drug-likeness (QED) is 0.809. The van der Waals surface area contributed by atoms with E-state index in [4.69, 9.17) is 16.3 Å². The van der Waals surface area contributed by atoms with Gasteiger partial charge in [0.25, 0.3) is 0 Å². The summed E-state index contributed by atoms with van der Waals surface area (Å²) in [5.41, 5.74) is 1.54. The molecule has 1 N–H and O–H groups in total. The number of carbonyl (C=O) groups is 1. The molecule has 1 aliphatic carbocycles. The van der Waals surface area contributed by atoms with E-state index in [0.717, 1.165) is 11.1 Å². The Morgan fingerprint density at radius 3 is 2.75 bits per heavy atom. The highest BCUT2D eigenvalue weighted by molar-refractivity contribution is 6.31. The van der Waals surface area contributed by atoms with Gasteiger partial charge in [-0.1, -0.05) is 23.7 Å². The Hall–Kier alpha value is -1.77. The Kier molecular flexibility index (Phi) is 3.89. The van der Waals surface area contributed by atoms with Crippen LogP contribution in [0, 0.1) is 0 Å². The molecule has 0 saturated heterocycles. The highest BCUT2D eigenvalue weighted by Gasteiger charge is 2.32. The first-order valence-electron chi connectivity index (χ1n) is 6.32. The van der Waals surface area contributed by atoms with E-state index >= 15 is 0 Å². The van der Waals surface area contributed by atoms with Gasteiger partial charge < -0.3 is 10.1 Å². The van der Waals surface area contributed by atoms with Crippen molar-refractivity contribution in [2.45, 2.75) is 38.8 Å². The molecular weight excluding hydrogens is 278 g/mol. The molecule has 0 aliphatic heterocycles. The fourth-order valence-corrected chi connectivity index (χ4v) is 2.45. The molecule has 0 unspecified atom stereocenters. The van der Waals surface area contributed by atoms with Gasteiger partial charge in [0.05, 0.1) is 6.04 Å².